The molecule has 7 amide bonds. The van der Waals surface area contributed by atoms with Crippen molar-refractivity contribution >= 4 is 58.2 Å². The van der Waals surface area contributed by atoms with Crippen molar-refractivity contribution in [1.29, 1.82) is 0 Å². The lowest BCUT2D eigenvalue weighted by Gasteiger charge is -2.31. The summed E-state index contributed by atoms with van der Waals surface area (Å²) in [5.41, 5.74) is 2.03. The van der Waals surface area contributed by atoms with Gasteiger partial charge in [-0.3, -0.25) is 38.4 Å². The summed E-state index contributed by atoms with van der Waals surface area (Å²) in [6.45, 7) is 3.39. The van der Waals surface area contributed by atoms with Crippen LogP contribution in [0.25, 0.3) is 22.3 Å². The minimum absolute atomic E-state index is 0.0372. The first kappa shape index (κ1) is 54.7. The van der Waals surface area contributed by atoms with Crippen molar-refractivity contribution in [2.24, 2.45) is 5.92 Å². The van der Waals surface area contributed by atoms with Crippen LogP contribution in [0.5, 0.6) is 0 Å². The van der Waals surface area contributed by atoms with Crippen LogP contribution in [0.4, 0.5) is 4.39 Å². The van der Waals surface area contributed by atoms with E-state index in [-0.39, 0.29) is 74.5 Å². The number of pyridine rings is 2. The number of carbonyl (C=O) groups excluding carboxylic acids is 8. The van der Waals surface area contributed by atoms with Crippen LogP contribution in [0.1, 0.15) is 110 Å². The Kier molecular flexibility index (Phi) is 16.9. The third-order valence-electron chi connectivity index (χ3n) is 14.7. The Morgan fingerprint density at radius 1 is 0.895 bits per heavy atom. The third-order valence-corrected chi connectivity index (χ3v) is 14.7. The van der Waals surface area contributed by atoms with Crippen LogP contribution in [0, 0.1) is 18.7 Å². The molecule has 2 aromatic heterocycles. The summed E-state index contributed by atoms with van der Waals surface area (Å²) in [4.78, 5) is 123. The predicted molar refractivity (Wildman–Crippen MR) is 272 cm³/mol. The number of fused-ring (bicyclic) bond motifs is 5. The molecule has 4 aliphatic rings. The molecule has 0 spiro atoms. The molecule has 1 saturated carbocycles. The molecular formula is C54H64FN9O12. The second-order valence-corrected chi connectivity index (χ2v) is 19.9. The van der Waals surface area contributed by atoms with E-state index in [1.807, 2.05) is 0 Å². The predicted octanol–water partition coefficient (Wildman–Crippen LogP) is 1.61. The number of hydrogen-bond donors (Lipinski definition) is 7. The van der Waals surface area contributed by atoms with Gasteiger partial charge in [-0.05, 0) is 86.1 Å². The summed E-state index contributed by atoms with van der Waals surface area (Å²) >= 11 is 0. The number of nitrogens with one attached hydrogen (secondary N) is 6. The van der Waals surface area contributed by atoms with E-state index in [9.17, 15) is 48.3 Å². The monoisotopic (exact) mass is 1050 g/mol. The summed E-state index contributed by atoms with van der Waals surface area (Å²) in [6, 6.07) is 10.0. The second kappa shape index (κ2) is 23.5. The molecule has 0 bridgehead atoms. The number of rotatable bonds is 23. The summed E-state index contributed by atoms with van der Waals surface area (Å²) in [6.07, 6.45) is 3.46. The van der Waals surface area contributed by atoms with Crippen LogP contribution in [0.3, 0.4) is 0 Å². The van der Waals surface area contributed by atoms with Crippen molar-refractivity contribution in [2.75, 3.05) is 40.0 Å². The first-order chi connectivity index (χ1) is 36.4. The average Bonchev–Trinajstić information content (AvgIpc) is 4.24. The molecule has 2 aliphatic heterocycles. The van der Waals surface area contributed by atoms with Gasteiger partial charge in [0.05, 0.1) is 54.7 Å². The minimum Gasteiger partial charge on any atom is -0.458 e. The number of amides is 7. The molecule has 2 aromatic carbocycles. The maximum Gasteiger partial charge on any atom is 0.343 e. The van der Waals surface area contributed by atoms with Gasteiger partial charge in [0.15, 0.2) is 5.60 Å². The molecule has 4 aromatic rings. The highest BCUT2D eigenvalue weighted by molar-refractivity contribution is 5.95. The van der Waals surface area contributed by atoms with Gasteiger partial charge in [0.25, 0.3) is 5.56 Å². The van der Waals surface area contributed by atoms with Gasteiger partial charge in [-0.25, -0.2) is 14.2 Å². The standard InChI is InChI=1S/C54H64FN9O12/c1-5-54(74)36-21-41-48-34(26-64(41)52(72)35(36)27-75-53(54)73)47-38(18-17-33-29(2)37(55)22-39(61-48)46(33)47)62-51(71)49(32-15-16-32)76-28-59-44(68)24-58-50(70)40(20-31-12-8-6-9-13-31)60-45(69)25-57-43(67)23-56-42(66)14-10-7-11-19-63(4)30(3)65/h6,8-9,12-13,21-22,32,38,40,49,74H,5,7,10-11,14-20,23-28H2,1-4H3,(H,56,66)(H,57,67)(H,58,70)(H,59,68)(H,60,69)(H,62,71)/t38-,40-,49?,54-/m0/s1. The molecule has 21 nitrogen and oxygen atoms in total. The maximum atomic E-state index is 15.5. The Morgan fingerprint density at radius 3 is 2.33 bits per heavy atom. The Bertz CT molecular complexity index is 3040. The summed E-state index contributed by atoms with van der Waals surface area (Å²) in [7, 11) is 1.71. The van der Waals surface area contributed by atoms with Gasteiger partial charge in [-0.2, -0.15) is 0 Å². The number of cyclic esters (lactones) is 1. The highest BCUT2D eigenvalue weighted by atomic mass is 19.1. The number of hydrogen-bond acceptors (Lipinski definition) is 13. The van der Waals surface area contributed by atoms with Crippen LogP contribution < -0.4 is 37.5 Å². The highest BCUT2D eigenvalue weighted by Gasteiger charge is 2.46. The molecule has 7 N–H and O–H groups in total. The molecule has 4 heterocycles. The third kappa shape index (κ3) is 12.1. The number of benzene rings is 2. The Balaban J connectivity index is 0.859. The van der Waals surface area contributed by atoms with E-state index >= 15 is 4.39 Å². The lowest BCUT2D eigenvalue weighted by atomic mass is 9.81. The van der Waals surface area contributed by atoms with Gasteiger partial charge >= 0.3 is 5.97 Å². The number of aromatic nitrogens is 2. The minimum atomic E-state index is -2.05. The fourth-order valence-electron chi connectivity index (χ4n) is 10.1. The van der Waals surface area contributed by atoms with Crippen LogP contribution in [0.2, 0.25) is 0 Å². The number of halogens is 1. The van der Waals surface area contributed by atoms with Gasteiger partial charge in [-0.15, -0.1) is 0 Å². The van der Waals surface area contributed by atoms with E-state index < -0.39 is 83.8 Å². The van der Waals surface area contributed by atoms with Gasteiger partial charge in [0, 0.05) is 55.9 Å². The van der Waals surface area contributed by atoms with Crippen molar-refractivity contribution in [3.63, 3.8) is 0 Å². The number of aryl methyl sites for hydroxylation is 1. The second-order valence-electron chi connectivity index (χ2n) is 19.9. The Morgan fingerprint density at radius 2 is 1.61 bits per heavy atom. The van der Waals surface area contributed by atoms with Gasteiger partial charge in [0.2, 0.25) is 41.4 Å². The fraction of sp³-hybridized carbons (Fsp3) is 0.481. The van der Waals surface area contributed by atoms with Gasteiger partial charge < -0.3 is 55.9 Å². The van der Waals surface area contributed by atoms with E-state index in [4.69, 9.17) is 14.5 Å². The van der Waals surface area contributed by atoms with E-state index in [1.54, 1.807) is 62.2 Å². The zero-order valence-corrected chi connectivity index (χ0v) is 43.0. The molecule has 1 unspecified atom stereocenters. The number of esters is 1. The summed E-state index contributed by atoms with van der Waals surface area (Å²) in [5.74, 6) is -4.91. The highest BCUT2D eigenvalue weighted by Crippen LogP contribution is 2.46. The van der Waals surface area contributed by atoms with E-state index in [1.165, 1.54) is 17.6 Å². The quantitative estimate of drug-likeness (QED) is 0.0279. The largest absolute Gasteiger partial charge is 0.458 e. The smallest absolute Gasteiger partial charge is 0.343 e. The first-order valence-electron chi connectivity index (χ1n) is 25.7. The SMILES string of the molecule is CC[C@@]1(O)C(=O)OCc2c1cc1n(c2=O)Cc2c-1nc1cc(F)c(C)c3c1c2[C@@H](NC(=O)C(OCNC(=O)CNC(=O)[C@H](Cc1ccccc1)NC(=O)CNC(=O)CNC(=O)CCCCCN(C)C(C)=O)C1CC1)CC3. The average molecular weight is 1050 g/mol. The van der Waals surface area contributed by atoms with E-state index in [2.05, 4.69) is 31.9 Å². The van der Waals surface area contributed by atoms with E-state index in [0.717, 1.165) is 18.4 Å². The van der Waals surface area contributed by atoms with E-state index in [0.29, 0.717) is 83.2 Å². The number of unbranched alkanes of at least 4 members (excludes halogenated alkanes) is 2. The molecule has 8 rings (SSSR count). The molecule has 2 aliphatic carbocycles. The maximum absolute atomic E-state index is 15.5. The number of ether oxygens (including phenoxy) is 2. The topological polar surface area (TPSA) is 286 Å². The van der Waals surface area contributed by atoms with Gasteiger partial charge in [0.1, 0.15) is 31.3 Å². The van der Waals surface area contributed by atoms with Crippen molar-refractivity contribution < 1.29 is 57.3 Å². The van der Waals surface area contributed by atoms with Crippen LogP contribution in [0.15, 0.2) is 47.3 Å². The number of aliphatic hydroxyl groups is 1. The zero-order chi connectivity index (χ0) is 54.4. The first-order valence-corrected chi connectivity index (χ1v) is 25.7. The van der Waals surface area contributed by atoms with Gasteiger partial charge in [-0.1, -0.05) is 43.7 Å². The van der Waals surface area contributed by atoms with Crippen LogP contribution >= 0.6 is 0 Å². The molecule has 76 heavy (non-hydrogen) atoms. The number of carbonyl (C=O) groups is 8. The van der Waals surface area contributed by atoms with Crippen LogP contribution in [-0.2, 0) is 79.4 Å². The van der Waals surface area contributed by atoms with Crippen molar-refractivity contribution in [1.82, 2.24) is 46.4 Å². The summed E-state index contributed by atoms with van der Waals surface area (Å²) < 4.78 is 28.3. The molecule has 4 atom stereocenters. The normalized spacial score (nSPS) is 17.7. The molecular weight excluding hydrogens is 986 g/mol. The van der Waals surface area contributed by atoms with Crippen molar-refractivity contribution in [3.05, 3.63) is 97.6 Å². The molecule has 0 radical (unpaired) electrons. The molecule has 404 valence electrons. The lowest BCUT2D eigenvalue weighted by molar-refractivity contribution is -0.172. The molecule has 0 saturated heterocycles. The van der Waals surface area contributed by atoms with Crippen molar-refractivity contribution in [3.8, 4) is 11.4 Å². The molecule has 1 fully saturated rings. The Labute approximate surface area is 437 Å². The van der Waals surface area contributed by atoms with Crippen LogP contribution in [-0.4, -0.2) is 119 Å². The summed E-state index contributed by atoms with van der Waals surface area (Å²) in [5, 5.41) is 27.9. The fourth-order valence-corrected chi connectivity index (χ4v) is 10.1. The number of nitrogens with zero attached hydrogens (tertiary/aromatic N) is 3. The molecule has 22 heteroatoms. The zero-order valence-electron chi connectivity index (χ0n) is 43.0. The van der Waals surface area contributed by atoms with Crippen molar-refractivity contribution in [2.45, 2.75) is 122 Å². The lowest BCUT2D eigenvalue weighted by Crippen LogP contribution is -2.52. The Hall–Kier alpha value is -7.59.